The molecule has 86 valence electrons. The van der Waals surface area contributed by atoms with Gasteiger partial charge in [0.2, 0.25) is 0 Å². The van der Waals surface area contributed by atoms with E-state index in [1.165, 1.54) is 0 Å². The second kappa shape index (κ2) is 4.92. The highest BCUT2D eigenvalue weighted by molar-refractivity contribution is 6.05. The summed E-state index contributed by atoms with van der Waals surface area (Å²) in [5.41, 5.74) is 3.34. The smallest absolute Gasteiger partial charge is 0.170 e. The molecule has 16 heavy (non-hydrogen) atoms. The van der Waals surface area contributed by atoms with Gasteiger partial charge in [0, 0.05) is 5.56 Å². The number of hydrogen-bond donors (Lipinski definition) is 0. The molecule has 1 rings (SSSR count). The summed E-state index contributed by atoms with van der Waals surface area (Å²) in [5.74, 6) is 0.647. The number of carbonyl (C=O) groups excluding carboxylic acids is 2. The van der Waals surface area contributed by atoms with E-state index in [1.54, 1.807) is 7.11 Å². The van der Waals surface area contributed by atoms with Crippen molar-refractivity contribution in [2.24, 2.45) is 0 Å². The molecule has 1 aromatic carbocycles. The van der Waals surface area contributed by atoms with Gasteiger partial charge in [0.25, 0.3) is 0 Å². The van der Waals surface area contributed by atoms with E-state index in [1.807, 2.05) is 26.8 Å². The molecular weight excluding hydrogens is 204 g/mol. The van der Waals surface area contributed by atoms with E-state index in [0.29, 0.717) is 11.8 Å². The zero-order chi connectivity index (χ0) is 12.3. The van der Waals surface area contributed by atoms with Gasteiger partial charge >= 0.3 is 0 Å². The zero-order valence-corrected chi connectivity index (χ0v) is 10.1. The number of methoxy groups -OCH3 is 1. The van der Waals surface area contributed by atoms with Crippen LogP contribution in [0, 0.1) is 20.8 Å². The number of rotatable bonds is 4. The molecule has 0 amide bonds. The first kappa shape index (κ1) is 12.4. The van der Waals surface area contributed by atoms with E-state index in [9.17, 15) is 9.59 Å². The molecule has 0 atom stereocenters. The Labute approximate surface area is 95.4 Å². The molecule has 0 bridgehead atoms. The lowest BCUT2D eigenvalue weighted by molar-refractivity contribution is -0.107. The van der Waals surface area contributed by atoms with Crippen molar-refractivity contribution in [2.75, 3.05) is 7.11 Å². The Bertz CT molecular complexity index is 433. The summed E-state index contributed by atoms with van der Waals surface area (Å²) in [5, 5.41) is 0. The van der Waals surface area contributed by atoms with Crippen molar-refractivity contribution >= 4 is 12.1 Å². The van der Waals surface area contributed by atoms with Crippen LogP contribution in [0.1, 0.15) is 33.5 Å². The molecule has 1 aromatic rings. The maximum Gasteiger partial charge on any atom is 0.170 e. The third-order valence-electron chi connectivity index (χ3n) is 2.82. The maximum absolute atomic E-state index is 11.8. The molecule has 0 unspecified atom stereocenters. The first-order chi connectivity index (χ1) is 7.52. The summed E-state index contributed by atoms with van der Waals surface area (Å²) in [6.45, 7) is 5.64. The van der Waals surface area contributed by atoms with Gasteiger partial charge in [-0.15, -0.1) is 0 Å². The number of benzene rings is 1. The zero-order valence-electron chi connectivity index (χ0n) is 10.1. The third kappa shape index (κ3) is 2.13. The quantitative estimate of drug-likeness (QED) is 0.444. The number of carbonyl (C=O) groups is 2. The van der Waals surface area contributed by atoms with Crippen LogP contribution in [0.2, 0.25) is 0 Å². The fourth-order valence-corrected chi connectivity index (χ4v) is 1.86. The largest absolute Gasteiger partial charge is 0.496 e. The predicted octanol–water partition coefficient (Wildman–Crippen LogP) is 2.39. The van der Waals surface area contributed by atoms with E-state index >= 15 is 0 Å². The number of aryl methyl sites for hydroxylation is 1. The summed E-state index contributed by atoms with van der Waals surface area (Å²) in [6.07, 6.45) is 0.578. The standard InChI is InChI=1S/C13H16O3/c1-8-7-12(16-4)9(2)10(3)13(8)11(15)5-6-14/h6-7H,5H2,1-4H3. The number of ether oxygens (including phenoxy) is 1. The van der Waals surface area contributed by atoms with Gasteiger partial charge in [0.1, 0.15) is 12.0 Å². The summed E-state index contributed by atoms with van der Waals surface area (Å²) in [7, 11) is 1.61. The van der Waals surface area contributed by atoms with Crippen LogP contribution in [-0.2, 0) is 4.79 Å². The Kier molecular flexibility index (Phi) is 3.82. The van der Waals surface area contributed by atoms with Crippen molar-refractivity contribution < 1.29 is 14.3 Å². The monoisotopic (exact) mass is 220 g/mol. The lowest BCUT2D eigenvalue weighted by Crippen LogP contribution is -2.07. The minimum atomic E-state index is -0.129. The van der Waals surface area contributed by atoms with Crippen molar-refractivity contribution in [3.8, 4) is 5.75 Å². The lowest BCUT2D eigenvalue weighted by Gasteiger charge is -2.14. The SMILES string of the molecule is COc1cc(C)c(C(=O)CC=O)c(C)c1C. The first-order valence-corrected chi connectivity index (χ1v) is 5.14. The van der Waals surface area contributed by atoms with Gasteiger partial charge in [-0.1, -0.05) is 0 Å². The van der Waals surface area contributed by atoms with Crippen molar-refractivity contribution in [1.82, 2.24) is 0 Å². The average Bonchev–Trinajstić information content (AvgIpc) is 2.24. The van der Waals surface area contributed by atoms with Crippen LogP contribution in [-0.4, -0.2) is 19.2 Å². The van der Waals surface area contributed by atoms with Crippen LogP contribution >= 0.6 is 0 Å². The first-order valence-electron chi connectivity index (χ1n) is 5.14. The van der Waals surface area contributed by atoms with Gasteiger partial charge < -0.3 is 9.53 Å². The topological polar surface area (TPSA) is 43.4 Å². The molecule has 3 nitrogen and oxygen atoms in total. The molecule has 0 fully saturated rings. The molecule has 0 spiro atoms. The highest BCUT2D eigenvalue weighted by Crippen LogP contribution is 2.28. The fourth-order valence-electron chi connectivity index (χ4n) is 1.86. The van der Waals surface area contributed by atoms with Crippen LogP contribution in [0.3, 0.4) is 0 Å². The Hall–Kier alpha value is -1.64. The summed E-state index contributed by atoms with van der Waals surface area (Å²) in [6, 6.07) is 1.83. The van der Waals surface area contributed by atoms with Crippen molar-refractivity contribution in [2.45, 2.75) is 27.2 Å². The van der Waals surface area contributed by atoms with Gasteiger partial charge in [-0.2, -0.15) is 0 Å². The van der Waals surface area contributed by atoms with Crippen LogP contribution in [0.5, 0.6) is 5.75 Å². The molecule has 3 heteroatoms. The fraction of sp³-hybridized carbons (Fsp3) is 0.385. The second-order valence-electron chi connectivity index (χ2n) is 3.81. The van der Waals surface area contributed by atoms with Crippen LogP contribution in [0.15, 0.2) is 6.07 Å². The average molecular weight is 220 g/mol. The van der Waals surface area contributed by atoms with E-state index in [0.717, 1.165) is 22.4 Å². The van der Waals surface area contributed by atoms with Gasteiger partial charge in [-0.25, -0.2) is 0 Å². The molecule has 0 saturated heterocycles. The molecule has 0 aliphatic carbocycles. The molecule has 0 saturated carbocycles. The second-order valence-corrected chi connectivity index (χ2v) is 3.81. The summed E-state index contributed by atoms with van der Waals surface area (Å²) < 4.78 is 5.22. The molecule has 0 aliphatic rings. The van der Waals surface area contributed by atoms with Crippen LogP contribution in [0.4, 0.5) is 0 Å². The number of Topliss-reactive ketones (excluding diaryl/α,β-unsaturated/α-hetero) is 1. The molecule has 0 aromatic heterocycles. The maximum atomic E-state index is 11.8. The van der Waals surface area contributed by atoms with Crippen LogP contribution < -0.4 is 4.74 Å². The van der Waals surface area contributed by atoms with Crippen molar-refractivity contribution in [3.63, 3.8) is 0 Å². The minimum absolute atomic E-state index is 0.0621. The van der Waals surface area contributed by atoms with Gasteiger partial charge in [-0.05, 0) is 43.5 Å². The van der Waals surface area contributed by atoms with E-state index in [-0.39, 0.29) is 12.2 Å². The number of aldehydes is 1. The van der Waals surface area contributed by atoms with E-state index < -0.39 is 0 Å². The Balaban J connectivity index is 3.35. The van der Waals surface area contributed by atoms with E-state index in [4.69, 9.17) is 4.74 Å². The van der Waals surface area contributed by atoms with Crippen LogP contribution in [0.25, 0.3) is 0 Å². The lowest BCUT2D eigenvalue weighted by atomic mass is 9.93. The van der Waals surface area contributed by atoms with Crippen molar-refractivity contribution in [3.05, 3.63) is 28.3 Å². The summed E-state index contributed by atoms with van der Waals surface area (Å²) >= 11 is 0. The number of hydrogen-bond acceptors (Lipinski definition) is 3. The Morgan fingerprint density at radius 1 is 1.31 bits per heavy atom. The predicted molar refractivity (Wildman–Crippen MR) is 62.2 cm³/mol. The minimum Gasteiger partial charge on any atom is -0.496 e. The number of ketones is 1. The normalized spacial score (nSPS) is 10.0. The van der Waals surface area contributed by atoms with Crippen molar-refractivity contribution in [1.29, 1.82) is 0 Å². The third-order valence-corrected chi connectivity index (χ3v) is 2.82. The molecule has 0 aliphatic heterocycles. The highest BCUT2D eigenvalue weighted by Gasteiger charge is 2.16. The van der Waals surface area contributed by atoms with Gasteiger partial charge in [-0.3, -0.25) is 4.79 Å². The molecular formula is C13H16O3. The van der Waals surface area contributed by atoms with Gasteiger partial charge in [0.15, 0.2) is 5.78 Å². The van der Waals surface area contributed by atoms with E-state index in [2.05, 4.69) is 0 Å². The molecule has 0 radical (unpaired) electrons. The summed E-state index contributed by atoms with van der Waals surface area (Å²) in [4.78, 5) is 22.1. The van der Waals surface area contributed by atoms with Gasteiger partial charge in [0.05, 0.1) is 13.5 Å². The molecule has 0 N–H and O–H groups in total. The highest BCUT2D eigenvalue weighted by atomic mass is 16.5. The molecule has 0 heterocycles. The Morgan fingerprint density at radius 3 is 2.44 bits per heavy atom. The Morgan fingerprint density at radius 2 is 1.94 bits per heavy atom.